The van der Waals surface area contributed by atoms with Crippen LogP contribution in [0.1, 0.15) is 33.3 Å². The van der Waals surface area contributed by atoms with Gasteiger partial charge in [-0.05, 0) is 49.9 Å². The van der Waals surface area contributed by atoms with E-state index in [4.69, 9.17) is 9.31 Å². The van der Waals surface area contributed by atoms with Gasteiger partial charge in [0.25, 0.3) is 0 Å². The molecule has 3 heteroatoms. The SMILES string of the molecule is C=C(B1OC(C)(C)C(C)(C)O1)C(=C)C(=C)c1ccccc1. The van der Waals surface area contributed by atoms with Crippen LogP contribution in [0, 0.1) is 0 Å². The van der Waals surface area contributed by atoms with E-state index in [-0.39, 0.29) is 11.2 Å². The van der Waals surface area contributed by atoms with Crippen LogP contribution in [0.4, 0.5) is 0 Å². The first kappa shape index (κ1) is 15.8. The van der Waals surface area contributed by atoms with Gasteiger partial charge < -0.3 is 9.31 Å². The average molecular weight is 282 g/mol. The maximum absolute atomic E-state index is 6.01. The Balaban J connectivity index is 2.15. The Labute approximate surface area is 128 Å². The zero-order chi connectivity index (χ0) is 15.8. The predicted molar refractivity (Wildman–Crippen MR) is 89.8 cm³/mol. The number of hydrogen-bond acceptors (Lipinski definition) is 2. The fourth-order valence-corrected chi connectivity index (χ4v) is 2.13. The van der Waals surface area contributed by atoms with E-state index in [0.717, 1.165) is 22.2 Å². The summed E-state index contributed by atoms with van der Waals surface area (Å²) >= 11 is 0. The molecule has 2 nitrogen and oxygen atoms in total. The summed E-state index contributed by atoms with van der Waals surface area (Å²) in [7, 11) is -0.483. The molecule has 1 aliphatic rings. The van der Waals surface area contributed by atoms with Gasteiger partial charge >= 0.3 is 7.12 Å². The van der Waals surface area contributed by atoms with Crippen LogP contribution in [0.25, 0.3) is 5.57 Å². The molecule has 1 aliphatic heterocycles. The van der Waals surface area contributed by atoms with Gasteiger partial charge in [-0.1, -0.05) is 50.1 Å². The van der Waals surface area contributed by atoms with E-state index < -0.39 is 7.12 Å². The molecule has 0 saturated carbocycles. The summed E-state index contributed by atoms with van der Waals surface area (Å²) in [6, 6.07) is 9.94. The van der Waals surface area contributed by atoms with Crippen molar-refractivity contribution in [2.24, 2.45) is 0 Å². The third-order valence-electron chi connectivity index (χ3n) is 4.41. The van der Waals surface area contributed by atoms with Crippen molar-refractivity contribution in [3.63, 3.8) is 0 Å². The van der Waals surface area contributed by atoms with Crippen molar-refractivity contribution in [2.75, 3.05) is 0 Å². The quantitative estimate of drug-likeness (QED) is 0.600. The highest BCUT2D eigenvalue weighted by Crippen LogP contribution is 2.40. The summed E-state index contributed by atoms with van der Waals surface area (Å²) in [5, 5.41) is 0. The van der Waals surface area contributed by atoms with E-state index >= 15 is 0 Å². The van der Waals surface area contributed by atoms with Crippen LogP contribution in [0.2, 0.25) is 0 Å². The van der Waals surface area contributed by atoms with Crippen molar-refractivity contribution >= 4 is 12.7 Å². The second-order valence-electron chi connectivity index (χ2n) is 6.44. The molecule has 0 spiro atoms. The van der Waals surface area contributed by atoms with Crippen molar-refractivity contribution in [3.8, 4) is 0 Å². The van der Waals surface area contributed by atoms with Crippen molar-refractivity contribution in [3.05, 3.63) is 66.7 Å². The average Bonchev–Trinajstić information content (AvgIpc) is 2.66. The molecular weight excluding hydrogens is 259 g/mol. The van der Waals surface area contributed by atoms with E-state index in [1.807, 2.05) is 58.0 Å². The lowest BCUT2D eigenvalue weighted by Gasteiger charge is -2.32. The fourth-order valence-electron chi connectivity index (χ4n) is 2.13. The van der Waals surface area contributed by atoms with Crippen LogP contribution in [-0.2, 0) is 9.31 Å². The van der Waals surface area contributed by atoms with Crippen LogP contribution < -0.4 is 0 Å². The standard InChI is InChI=1S/C18H23BO2/c1-13(14(2)16-11-9-8-10-12-16)15(3)19-20-17(4,5)18(6,7)21-19/h8-12H,1-3H2,4-7H3. The summed E-state index contributed by atoms with van der Waals surface area (Å²) in [6.07, 6.45) is 0. The second-order valence-corrected chi connectivity index (χ2v) is 6.44. The predicted octanol–water partition coefficient (Wildman–Crippen LogP) is 4.44. The first-order chi connectivity index (χ1) is 9.66. The van der Waals surface area contributed by atoms with Gasteiger partial charge in [0.2, 0.25) is 0 Å². The maximum atomic E-state index is 6.01. The highest BCUT2D eigenvalue weighted by atomic mass is 16.7. The van der Waals surface area contributed by atoms with Gasteiger partial charge in [-0.15, -0.1) is 0 Å². The molecule has 0 aromatic heterocycles. The third kappa shape index (κ3) is 2.90. The Hall–Kier alpha value is -1.58. The van der Waals surface area contributed by atoms with Crippen LogP contribution in [-0.4, -0.2) is 18.3 Å². The number of allylic oxidation sites excluding steroid dienone is 3. The first-order valence-corrected chi connectivity index (χ1v) is 7.14. The van der Waals surface area contributed by atoms with Gasteiger partial charge in [-0.2, -0.15) is 0 Å². The molecule has 21 heavy (non-hydrogen) atoms. The van der Waals surface area contributed by atoms with Gasteiger partial charge in [-0.3, -0.25) is 0 Å². The fraction of sp³-hybridized carbons (Fsp3) is 0.333. The molecule has 0 N–H and O–H groups in total. The second kappa shape index (κ2) is 5.32. The summed E-state index contributed by atoms with van der Waals surface area (Å²) in [6.45, 7) is 20.4. The van der Waals surface area contributed by atoms with E-state index in [0.29, 0.717) is 0 Å². The molecule has 1 fully saturated rings. The van der Waals surface area contributed by atoms with Gasteiger partial charge in [-0.25, -0.2) is 0 Å². The Morgan fingerprint density at radius 2 is 1.38 bits per heavy atom. The normalized spacial score (nSPS) is 19.3. The van der Waals surface area contributed by atoms with E-state index in [1.165, 1.54) is 0 Å². The van der Waals surface area contributed by atoms with E-state index in [2.05, 4.69) is 19.7 Å². The van der Waals surface area contributed by atoms with Crippen molar-refractivity contribution < 1.29 is 9.31 Å². The Morgan fingerprint density at radius 1 is 0.905 bits per heavy atom. The molecular formula is C18H23BO2. The lowest BCUT2D eigenvalue weighted by molar-refractivity contribution is 0.00578. The zero-order valence-corrected chi connectivity index (χ0v) is 13.4. The third-order valence-corrected chi connectivity index (χ3v) is 4.41. The number of benzene rings is 1. The lowest BCUT2D eigenvalue weighted by Crippen LogP contribution is -2.41. The molecule has 2 rings (SSSR count). The van der Waals surface area contributed by atoms with Gasteiger partial charge in [0.05, 0.1) is 11.2 Å². The van der Waals surface area contributed by atoms with Crippen LogP contribution >= 0.6 is 0 Å². The highest BCUT2D eigenvalue weighted by Gasteiger charge is 2.52. The van der Waals surface area contributed by atoms with Crippen LogP contribution in [0.15, 0.2) is 61.1 Å². The molecule has 1 saturated heterocycles. The summed E-state index contributed by atoms with van der Waals surface area (Å²) in [5.41, 5.74) is 2.60. The lowest BCUT2D eigenvalue weighted by atomic mass is 9.73. The smallest absolute Gasteiger partial charge is 0.399 e. The molecule has 1 aromatic rings. The summed E-state index contributed by atoms with van der Waals surface area (Å²) < 4.78 is 12.0. The molecule has 1 heterocycles. The molecule has 0 bridgehead atoms. The topological polar surface area (TPSA) is 18.5 Å². The summed E-state index contributed by atoms with van der Waals surface area (Å²) in [5.74, 6) is 0. The minimum Gasteiger partial charge on any atom is -0.399 e. The van der Waals surface area contributed by atoms with E-state index in [9.17, 15) is 0 Å². The van der Waals surface area contributed by atoms with Gasteiger partial charge in [0.15, 0.2) is 0 Å². The molecule has 0 atom stereocenters. The number of hydrogen-bond donors (Lipinski definition) is 0. The van der Waals surface area contributed by atoms with Crippen LogP contribution in [0.5, 0.6) is 0 Å². The summed E-state index contributed by atoms with van der Waals surface area (Å²) in [4.78, 5) is 0. The Morgan fingerprint density at radius 3 is 1.86 bits per heavy atom. The van der Waals surface area contributed by atoms with Gasteiger partial charge in [0.1, 0.15) is 0 Å². The molecule has 0 radical (unpaired) electrons. The molecule has 1 aromatic carbocycles. The van der Waals surface area contributed by atoms with E-state index in [1.54, 1.807) is 0 Å². The Bertz CT molecular complexity index is 568. The van der Waals surface area contributed by atoms with Crippen molar-refractivity contribution in [1.29, 1.82) is 0 Å². The number of rotatable bonds is 4. The van der Waals surface area contributed by atoms with Crippen LogP contribution in [0.3, 0.4) is 0 Å². The largest absolute Gasteiger partial charge is 0.494 e. The molecule has 0 amide bonds. The first-order valence-electron chi connectivity index (χ1n) is 7.14. The van der Waals surface area contributed by atoms with Gasteiger partial charge in [0, 0.05) is 0 Å². The maximum Gasteiger partial charge on any atom is 0.494 e. The molecule has 110 valence electrons. The minimum absolute atomic E-state index is 0.380. The molecule has 0 unspecified atom stereocenters. The molecule has 0 aliphatic carbocycles. The monoisotopic (exact) mass is 282 g/mol. The van der Waals surface area contributed by atoms with Crippen molar-refractivity contribution in [1.82, 2.24) is 0 Å². The zero-order valence-electron chi connectivity index (χ0n) is 13.4. The Kier molecular flexibility index (Phi) is 4.01. The minimum atomic E-state index is -0.483. The van der Waals surface area contributed by atoms with Crippen molar-refractivity contribution in [2.45, 2.75) is 38.9 Å². The highest BCUT2D eigenvalue weighted by molar-refractivity contribution is 6.56.